The van der Waals surface area contributed by atoms with Crippen molar-refractivity contribution in [3.63, 3.8) is 0 Å². The minimum Gasteiger partial charge on any atom is -0.459 e. The van der Waals surface area contributed by atoms with Crippen LogP contribution in [0.3, 0.4) is 0 Å². The molecule has 0 saturated carbocycles. The van der Waals surface area contributed by atoms with Crippen LogP contribution in [-0.4, -0.2) is 23.1 Å². The Morgan fingerprint density at radius 3 is 1.93 bits per heavy atom. The lowest BCUT2D eigenvalue weighted by Gasteiger charge is -2.30. The van der Waals surface area contributed by atoms with Gasteiger partial charge in [0, 0.05) is 5.56 Å². The van der Waals surface area contributed by atoms with E-state index in [1.54, 1.807) is 45.0 Å². The number of carbonyl (C=O) groups is 3. The van der Waals surface area contributed by atoms with Crippen molar-refractivity contribution in [2.24, 2.45) is 5.41 Å². The van der Waals surface area contributed by atoms with Crippen molar-refractivity contribution in [1.82, 2.24) is 0 Å². The van der Waals surface area contributed by atoms with Gasteiger partial charge in [-0.1, -0.05) is 66.7 Å². The smallest absolute Gasteiger partial charge is 0.324 e. The number of Topliss-reactive ketones (excluding diaryl/α,β-unsaturated/α-hetero) is 1. The van der Waals surface area contributed by atoms with Gasteiger partial charge in [-0.25, -0.2) is 0 Å². The fourth-order valence-corrected chi connectivity index (χ4v) is 2.79. The van der Waals surface area contributed by atoms with E-state index in [0.29, 0.717) is 5.56 Å². The zero-order valence-corrected chi connectivity index (χ0v) is 16.8. The largest absolute Gasteiger partial charge is 0.459 e. The molecule has 0 fully saturated rings. The van der Waals surface area contributed by atoms with E-state index >= 15 is 0 Å². The van der Waals surface area contributed by atoms with Crippen molar-refractivity contribution in [3.8, 4) is 0 Å². The van der Waals surface area contributed by atoms with E-state index in [0.717, 1.165) is 5.56 Å². The average molecular weight is 378 g/mol. The third-order valence-corrected chi connectivity index (χ3v) is 4.29. The van der Waals surface area contributed by atoms with Crippen molar-refractivity contribution in [2.45, 2.75) is 39.7 Å². The fraction of sp³-hybridized carbons (Fsp3) is 0.292. The lowest BCUT2D eigenvalue weighted by atomic mass is 9.77. The molecular formula is C24H26O4. The maximum Gasteiger partial charge on any atom is 0.324 e. The molecule has 0 heterocycles. The highest BCUT2D eigenvalue weighted by Crippen LogP contribution is 2.31. The van der Waals surface area contributed by atoms with Crippen LogP contribution in [0, 0.1) is 5.41 Å². The van der Waals surface area contributed by atoms with Gasteiger partial charge in [0.25, 0.3) is 0 Å². The Bertz CT molecular complexity index is 860. The summed E-state index contributed by atoms with van der Waals surface area (Å²) >= 11 is 0. The predicted octanol–water partition coefficient (Wildman–Crippen LogP) is 4.59. The molecular weight excluding hydrogens is 352 g/mol. The summed E-state index contributed by atoms with van der Waals surface area (Å²) in [6, 6.07) is 17.9. The average Bonchev–Trinajstić information content (AvgIpc) is 2.64. The molecule has 2 aromatic rings. The summed E-state index contributed by atoms with van der Waals surface area (Å²) in [5.41, 5.74) is -1.04. The molecule has 4 heteroatoms. The molecule has 1 atom stereocenters. The van der Waals surface area contributed by atoms with Crippen LogP contribution in [0.25, 0.3) is 0 Å². The van der Waals surface area contributed by atoms with Crippen LogP contribution >= 0.6 is 0 Å². The van der Waals surface area contributed by atoms with Crippen LogP contribution in [0.4, 0.5) is 0 Å². The normalized spacial score (nSPS) is 13.7. The summed E-state index contributed by atoms with van der Waals surface area (Å²) in [6.07, 6.45) is 2.81. The van der Waals surface area contributed by atoms with Gasteiger partial charge >= 0.3 is 5.97 Å². The first-order valence-electron chi connectivity index (χ1n) is 9.21. The third-order valence-electron chi connectivity index (χ3n) is 4.29. The molecule has 0 aromatic heterocycles. The summed E-state index contributed by atoms with van der Waals surface area (Å²) in [5.74, 6) is -1.31. The number of ketones is 2. The van der Waals surface area contributed by atoms with E-state index < -0.39 is 17.0 Å². The quantitative estimate of drug-likeness (QED) is 0.306. The zero-order valence-electron chi connectivity index (χ0n) is 16.8. The molecule has 0 saturated heterocycles. The number of esters is 1. The lowest BCUT2D eigenvalue weighted by molar-refractivity contribution is -0.166. The van der Waals surface area contributed by atoms with E-state index in [1.165, 1.54) is 19.1 Å². The Hall–Kier alpha value is -3.01. The third kappa shape index (κ3) is 5.49. The predicted molar refractivity (Wildman–Crippen MR) is 109 cm³/mol. The first-order valence-corrected chi connectivity index (χ1v) is 9.21. The van der Waals surface area contributed by atoms with Gasteiger partial charge in [0.2, 0.25) is 0 Å². The van der Waals surface area contributed by atoms with E-state index in [-0.39, 0.29) is 18.0 Å². The van der Waals surface area contributed by atoms with Crippen molar-refractivity contribution in [2.75, 3.05) is 0 Å². The Labute approximate surface area is 166 Å². The van der Waals surface area contributed by atoms with E-state index in [9.17, 15) is 14.4 Å². The second-order valence-electron chi connectivity index (χ2n) is 7.76. The van der Waals surface area contributed by atoms with E-state index in [1.807, 2.05) is 36.4 Å². The highest BCUT2D eigenvalue weighted by Gasteiger charge is 2.44. The van der Waals surface area contributed by atoms with Gasteiger partial charge in [0.05, 0.1) is 0 Å². The molecule has 0 unspecified atom stereocenters. The van der Waals surface area contributed by atoms with Crippen LogP contribution in [0.2, 0.25) is 0 Å². The van der Waals surface area contributed by atoms with Gasteiger partial charge in [-0.05, 0) is 45.8 Å². The lowest BCUT2D eigenvalue weighted by Crippen LogP contribution is -2.43. The monoisotopic (exact) mass is 378 g/mol. The maximum atomic E-state index is 13.1. The van der Waals surface area contributed by atoms with Crippen molar-refractivity contribution >= 4 is 17.5 Å². The first-order chi connectivity index (χ1) is 13.1. The molecule has 0 N–H and O–H groups in total. The molecule has 28 heavy (non-hydrogen) atoms. The summed E-state index contributed by atoms with van der Waals surface area (Å²) in [4.78, 5) is 38.3. The van der Waals surface area contributed by atoms with Crippen LogP contribution in [0.5, 0.6) is 0 Å². The number of ether oxygens (including phenoxy) is 1. The first kappa shape index (κ1) is 21.3. The van der Waals surface area contributed by atoms with Crippen LogP contribution in [-0.2, 0) is 20.7 Å². The Balaban J connectivity index is 2.46. The van der Waals surface area contributed by atoms with Crippen LogP contribution in [0.15, 0.2) is 72.8 Å². The number of carbonyl (C=O) groups excluding carboxylic acids is 3. The molecule has 0 aliphatic heterocycles. The second kappa shape index (κ2) is 8.79. The van der Waals surface area contributed by atoms with Crippen molar-refractivity contribution in [1.29, 1.82) is 0 Å². The van der Waals surface area contributed by atoms with E-state index in [4.69, 9.17) is 4.74 Å². The summed E-state index contributed by atoms with van der Waals surface area (Å²) in [7, 11) is 0. The number of allylic oxidation sites excluding steroid dienone is 1. The van der Waals surface area contributed by atoms with Crippen LogP contribution < -0.4 is 0 Å². The molecule has 0 bridgehead atoms. The Morgan fingerprint density at radius 2 is 1.43 bits per heavy atom. The highest BCUT2D eigenvalue weighted by molar-refractivity contribution is 6.09. The van der Waals surface area contributed by atoms with Gasteiger partial charge in [-0.3, -0.25) is 14.4 Å². The maximum absolute atomic E-state index is 13.1. The summed E-state index contributed by atoms with van der Waals surface area (Å²) < 4.78 is 5.55. The van der Waals surface area contributed by atoms with Crippen molar-refractivity contribution < 1.29 is 19.1 Å². The number of benzene rings is 2. The molecule has 0 amide bonds. The molecule has 2 rings (SSSR count). The van der Waals surface area contributed by atoms with Gasteiger partial charge < -0.3 is 4.74 Å². The van der Waals surface area contributed by atoms with Crippen LogP contribution in [0.1, 0.15) is 43.6 Å². The molecule has 146 valence electrons. The number of hydrogen-bond acceptors (Lipinski definition) is 4. The molecule has 0 aliphatic carbocycles. The molecule has 2 aromatic carbocycles. The number of hydrogen-bond donors (Lipinski definition) is 0. The fourth-order valence-electron chi connectivity index (χ4n) is 2.79. The Morgan fingerprint density at radius 1 is 0.893 bits per heavy atom. The summed E-state index contributed by atoms with van der Waals surface area (Å²) in [5, 5.41) is 0. The van der Waals surface area contributed by atoms with Gasteiger partial charge in [0.15, 0.2) is 11.6 Å². The topological polar surface area (TPSA) is 60.4 Å². The Kier molecular flexibility index (Phi) is 6.68. The highest BCUT2D eigenvalue weighted by atomic mass is 16.6. The summed E-state index contributed by atoms with van der Waals surface area (Å²) in [6.45, 7) is 6.59. The number of rotatable bonds is 7. The molecule has 0 spiro atoms. The van der Waals surface area contributed by atoms with E-state index in [2.05, 4.69) is 0 Å². The van der Waals surface area contributed by atoms with Crippen molar-refractivity contribution in [3.05, 3.63) is 83.9 Å². The molecule has 4 nitrogen and oxygen atoms in total. The minimum atomic E-state index is -1.57. The van der Waals surface area contributed by atoms with Gasteiger partial charge in [-0.15, -0.1) is 0 Å². The standard InChI is InChI=1S/C24H26O4/c1-18(25)24(22(27)28-23(2,3)4,17-19-11-7-5-8-12-19)16-15-21(26)20-13-9-6-10-14-20/h5-16H,17H2,1-4H3/b16-15+/t24-/m1/s1. The zero-order chi connectivity index (χ0) is 20.8. The molecule has 0 radical (unpaired) electrons. The van der Waals surface area contributed by atoms with Gasteiger partial charge in [0.1, 0.15) is 11.0 Å². The van der Waals surface area contributed by atoms with Gasteiger partial charge in [-0.2, -0.15) is 0 Å². The second-order valence-corrected chi connectivity index (χ2v) is 7.76. The minimum absolute atomic E-state index is 0.122. The molecule has 0 aliphatic rings. The SMILES string of the molecule is CC(=O)[C@@](/C=C/C(=O)c1ccccc1)(Cc1ccccc1)C(=O)OC(C)(C)C.